The zero-order valence-corrected chi connectivity index (χ0v) is 14.3. The van der Waals surface area contributed by atoms with E-state index in [-0.39, 0.29) is 5.91 Å². The molecule has 1 N–H and O–H groups in total. The minimum Gasteiger partial charge on any atom is -0.494 e. The van der Waals surface area contributed by atoms with Crippen molar-refractivity contribution >= 4 is 33.2 Å². The lowest BCUT2D eigenvalue weighted by Gasteiger charge is -2.07. The van der Waals surface area contributed by atoms with Crippen molar-refractivity contribution in [2.45, 2.75) is 26.3 Å². The second kappa shape index (κ2) is 8.20. The average molecular weight is 368 g/mol. The topological polar surface area (TPSA) is 38.3 Å². The van der Waals surface area contributed by atoms with Crippen LogP contribution < -0.4 is 10.1 Å². The lowest BCUT2D eigenvalue weighted by atomic mass is 10.2. The fourth-order valence-electron chi connectivity index (χ4n) is 1.75. The molecule has 21 heavy (non-hydrogen) atoms. The summed E-state index contributed by atoms with van der Waals surface area (Å²) in [5, 5.41) is 2.91. The summed E-state index contributed by atoms with van der Waals surface area (Å²) in [4.78, 5) is 13.2. The van der Waals surface area contributed by atoms with E-state index in [9.17, 15) is 4.79 Å². The molecule has 1 aromatic heterocycles. The fraction of sp³-hybridized carbons (Fsp3) is 0.312. The van der Waals surface area contributed by atoms with Crippen LogP contribution in [0.4, 0.5) is 0 Å². The summed E-state index contributed by atoms with van der Waals surface area (Å²) in [6.45, 7) is 3.39. The molecule has 1 aromatic carbocycles. The van der Waals surface area contributed by atoms with Gasteiger partial charge in [-0.1, -0.05) is 13.3 Å². The van der Waals surface area contributed by atoms with Crippen LogP contribution in [0.5, 0.6) is 5.75 Å². The largest absolute Gasteiger partial charge is 0.494 e. The molecule has 0 aliphatic rings. The van der Waals surface area contributed by atoms with E-state index in [1.165, 1.54) is 0 Å². The zero-order valence-electron chi connectivity index (χ0n) is 11.9. The van der Waals surface area contributed by atoms with Crippen molar-refractivity contribution in [3.05, 3.63) is 50.6 Å². The summed E-state index contributed by atoms with van der Waals surface area (Å²) in [6.07, 6.45) is 2.15. The Kier molecular flexibility index (Phi) is 6.26. The number of benzene rings is 1. The summed E-state index contributed by atoms with van der Waals surface area (Å²) in [5.41, 5.74) is 0.647. The number of hydrogen-bond acceptors (Lipinski definition) is 3. The van der Waals surface area contributed by atoms with E-state index in [1.807, 2.05) is 24.3 Å². The molecule has 0 aliphatic heterocycles. The number of ether oxygens (including phenoxy) is 1. The first-order valence-electron chi connectivity index (χ1n) is 6.94. The van der Waals surface area contributed by atoms with Gasteiger partial charge in [-0.3, -0.25) is 4.79 Å². The van der Waals surface area contributed by atoms with Gasteiger partial charge in [-0.05, 0) is 58.7 Å². The number of halogens is 1. The Balaban J connectivity index is 1.84. The number of unbranched alkanes of at least 4 members (excludes halogenated alkanes) is 1. The lowest BCUT2D eigenvalue weighted by molar-refractivity contribution is 0.0951. The molecule has 3 nitrogen and oxygen atoms in total. The highest BCUT2D eigenvalue weighted by atomic mass is 79.9. The summed E-state index contributed by atoms with van der Waals surface area (Å²) in [6, 6.07) is 11.2. The molecule has 0 radical (unpaired) electrons. The second-order valence-electron chi connectivity index (χ2n) is 4.61. The maximum Gasteiger partial charge on any atom is 0.251 e. The Morgan fingerprint density at radius 3 is 2.62 bits per heavy atom. The van der Waals surface area contributed by atoms with E-state index in [2.05, 4.69) is 28.2 Å². The van der Waals surface area contributed by atoms with Crippen molar-refractivity contribution in [3.63, 3.8) is 0 Å². The van der Waals surface area contributed by atoms with Crippen LogP contribution in [-0.4, -0.2) is 12.5 Å². The maximum atomic E-state index is 12.0. The van der Waals surface area contributed by atoms with Crippen LogP contribution in [0.2, 0.25) is 0 Å². The molecule has 5 heteroatoms. The van der Waals surface area contributed by atoms with Gasteiger partial charge >= 0.3 is 0 Å². The molecule has 112 valence electrons. The molecule has 1 amide bonds. The number of carbonyl (C=O) groups is 1. The first-order valence-corrected chi connectivity index (χ1v) is 8.55. The highest BCUT2D eigenvalue weighted by Crippen LogP contribution is 2.21. The summed E-state index contributed by atoms with van der Waals surface area (Å²) < 4.78 is 6.65. The molecule has 0 atom stereocenters. The molecule has 0 spiro atoms. The predicted molar refractivity (Wildman–Crippen MR) is 90.0 cm³/mol. The molecule has 1 heterocycles. The van der Waals surface area contributed by atoms with Gasteiger partial charge in [0.1, 0.15) is 5.75 Å². The van der Waals surface area contributed by atoms with Gasteiger partial charge in [-0.2, -0.15) is 0 Å². The van der Waals surface area contributed by atoms with Gasteiger partial charge in [-0.25, -0.2) is 0 Å². The maximum absolute atomic E-state index is 12.0. The molecule has 2 aromatic rings. The second-order valence-corrected chi connectivity index (χ2v) is 7.16. The Morgan fingerprint density at radius 1 is 1.24 bits per heavy atom. The normalized spacial score (nSPS) is 10.4. The average Bonchev–Trinajstić information content (AvgIpc) is 2.91. The third kappa shape index (κ3) is 5.17. The molecule has 0 aliphatic carbocycles. The summed E-state index contributed by atoms with van der Waals surface area (Å²) in [7, 11) is 0. The van der Waals surface area contributed by atoms with Gasteiger partial charge in [0.25, 0.3) is 5.91 Å². The molecule has 2 rings (SSSR count). The number of amides is 1. The number of rotatable bonds is 7. The van der Waals surface area contributed by atoms with Crippen LogP contribution >= 0.6 is 27.3 Å². The van der Waals surface area contributed by atoms with E-state index < -0.39 is 0 Å². The van der Waals surface area contributed by atoms with Crippen molar-refractivity contribution in [1.29, 1.82) is 0 Å². The number of thiophene rings is 1. The Bertz CT molecular complexity index is 580. The third-order valence-corrected chi connectivity index (χ3v) is 4.56. The van der Waals surface area contributed by atoms with Crippen molar-refractivity contribution < 1.29 is 9.53 Å². The van der Waals surface area contributed by atoms with Gasteiger partial charge in [0.2, 0.25) is 0 Å². The van der Waals surface area contributed by atoms with E-state index in [4.69, 9.17) is 4.74 Å². The first-order chi connectivity index (χ1) is 10.2. The zero-order chi connectivity index (χ0) is 15.1. The predicted octanol–water partition coefficient (Wildman–Crippen LogP) is 4.62. The summed E-state index contributed by atoms with van der Waals surface area (Å²) >= 11 is 5.03. The lowest BCUT2D eigenvalue weighted by Crippen LogP contribution is -2.22. The number of hydrogen-bond donors (Lipinski definition) is 1. The van der Waals surface area contributed by atoms with Crippen LogP contribution in [0.15, 0.2) is 40.2 Å². The molecule has 0 fully saturated rings. The first kappa shape index (κ1) is 16.0. The number of carbonyl (C=O) groups excluding carboxylic acids is 1. The molecule has 0 saturated carbocycles. The van der Waals surface area contributed by atoms with E-state index in [0.29, 0.717) is 12.1 Å². The van der Waals surface area contributed by atoms with Gasteiger partial charge < -0.3 is 10.1 Å². The van der Waals surface area contributed by atoms with Gasteiger partial charge in [0.05, 0.1) is 16.9 Å². The smallest absolute Gasteiger partial charge is 0.251 e. The Hall–Kier alpha value is -1.33. The Labute approximate surface area is 137 Å². The molecule has 0 saturated heterocycles. The van der Waals surface area contributed by atoms with Crippen molar-refractivity contribution in [2.75, 3.05) is 6.61 Å². The van der Waals surface area contributed by atoms with Crippen molar-refractivity contribution in [2.24, 2.45) is 0 Å². The van der Waals surface area contributed by atoms with Gasteiger partial charge in [-0.15, -0.1) is 11.3 Å². The van der Waals surface area contributed by atoms with Crippen molar-refractivity contribution in [1.82, 2.24) is 5.32 Å². The minimum atomic E-state index is -0.0698. The van der Waals surface area contributed by atoms with Gasteiger partial charge in [0, 0.05) is 10.4 Å². The third-order valence-electron chi connectivity index (χ3n) is 2.94. The van der Waals surface area contributed by atoms with E-state index in [0.717, 1.165) is 33.9 Å². The van der Waals surface area contributed by atoms with E-state index >= 15 is 0 Å². The number of nitrogens with one attached hydrogen (secondary N) is 1. The van der Waals surface area contributed by atoms with Crippen LogP contribution in [0, 0.1) is 0 Å². The SMILES string of the molecule is CCCCOc1ccc(C(=O)NCc2ccc(Br)s2)cc1. The Morgan fingerprint density at radius 2 is 2.00 bits per heavy atom. The minimum absolute atomic E-state index is 0.0698. The van der Waals surface area contributed by atoms with Crippen molar-refractivity contribution in [3.8, 4) is 5.75 Å². The van der Waals surface area contributed by atoms with Crippen LogP contribution in [-0.2, 0) is 6.54 Å². The standard InChI is InChI=1S/C16H18BrNO2S/c1-2-3-10-20-13-6-4-12(5-7-13)16(19)18-11-14-8-9-15(17)21-14/h4-9H,2-3,10-11H2,1H3,(H,18,19). The quantitative estimate of drug-likeness (QED) is 0.725. The van der Waals surface area contributed by atoms with Crippen LogP contribution in [0.1, 0.15) is 35.0 Å². The molecule has 0 bridgehead atoms. The fourth-order valence-corrected chi connectivity index (χ4v) is 3.18. The highest BCUT2D eigenvalue weighted by molar-refractivity contribution is 9.11. The van der Waals surface area contributed by atoms with E-state index in [1.54, 1.807) is 23.5 Å². The van der Waals surface area contributed by atoms with Gasteiger partial charge in [0.15, 0.2) is 0 Å². The highest BCUT2D eigenvalue weighted by Gasteiger charge is 2.06. The monoisotopic (exact) mass is 367 g/mol. The molecule has 0 unspecified atom stereocenters. The van der Waals surface area contributed by atoms with Crippen LogP contribution in [0.3, 0.4) is 0 Å². The van der Waals surface area contributed by atoms with Crippen LogP contribution in [0.25, 0.3) is 0 Å². The molecular weight excluding hydrogens is 350 g/mol. The summed E-state index contributed by atoms with van der Waals surface area (Å²) in [5.74, 6) is 0.738. The molecular formula is C16H18BrNO2S.